The molecule has 0 bridgehead atoms. The maximum absolute atomic E-state index is 9.33. The van der Waals surface area contributed by atoms with Gasteiger partial charge in [-0.25, -0.2) is 4.98 Å². The van der Waals surface area contributed by atoms with Crippen LogP contribution in [0.15, 0.2) is 6.20 Å². The Hall–Kier alpha value is -0.910. The van der Waals surface area contributed by atoms with E-state index in [4.69, 9.17) is 0 Å². The molecule has 0 spiro atoms. The van der Waals surface area contributed by atoms with E-state index >= 15 is 0 Å². The summed E-state index contributed by atoms with van der Waals surface area (Å²) in [7, 11) is 0. The van der Waals surface area contributed by atoms with Crippen LogP contribution in [-0.4, -0.2) is 27.1 Å². The van der Waals surface area contributed by atoms with Gasteiger partial charge in [-0.05, 0) is 19.8 Å². The fourth-order valence-electron chi connectivity index (χ4n) is 2.06. The fourth-order valence-corrected chi connectivity index (χ4v) is 2.95. The Kier molecular flexibility index (Phi) is 4.04. The Balaban J connectivity index is 2.18. The zero-order valence-electron chi connectivity index (χ0n) is 11.4. The van der Waals surface area contributed by atoms with E-state index in [0.29, 0.717) is 5.92 Å². The van der Waals surface area contributed by atoms with E-state index in [2.05, 4.69) is 41.7 Å². The van der Waals surface area contributed by atoms with Gasteiger partial charge in [0.25, 0.3) is 0 Å². The molecule has 5 heteroatoms. The number of nitrogens with one attached hydrogen (secondary N) is 1. The third-order valence-corrected chi connectivity index (χ3v) is 4.17. The Bertz CT molecular complexity index is 530. The van der Waals surface area contributed by atoms with E-state index < -0.39 is 0 Å². The summed E-state index contributed by atoms with van der Waals surface area (Å²) < 4.78 is 2.15. The zero-order chi connectivity index (χ0) is 13.3. The average Bonchev–Trinajstić information content (AvgIpc) is 2.76. The van der Waals surface area contributed by atoms with Gasteiger partial charge in [0.1, 0.15) is 0 Å². The largest absolute Gasteiger partial charge is 0.395 e. The second kappa shape index (κ2) is 5.38. The van der Waals surface area contributed by atoms with Crippen molar-refractivity contribution in [1.29, 1.82) is 0 Å². The summed E-state index contributed by atoms with van der Waals surface area (Å²) in [6.45, 7) is 9.27. The van der Waals surface area contributed by atoms with Crippen molar-refractivity contribution in [1.82, 2.24) is 14.7 Å². The predicted molar refractivity (Wildman–Crippen MR) is 75.1 cm³/mol. The van der Waals surface area contributed by atoms with E-state index in [1.54, 1.807) is 11.3 Å². The van der Waals surface area contributed by atoms with Crippen molar-refractivity contribution in [3.8, 4) is 0 Å². The molecule has 0 amide bonds. The summed E-state index contributed by atoms with van der Waals surface area (Å²) in [4.78, 5) is 6.87. The molecule has 1 atom stereocenters. The highest BCUT2D eigenvalue weighted by Crippen LogP contribution is 2.20. The van der Waals surface area contributed by atoms with Crippen molar-refractivity contribution in [3.05, 3.63) is 22.5 Å². The molecule has 2 aromatic rings. The highest BCUT2D eigenvalue weighted by molar-refractivity contribution is 7.17. The minimum Gasteiger partial charge on any atom is -0.395 e. The molecule has 0 aliphatic carbocycles. The lowest BCUT2D eigenvalue weighted by molar-refractivity contribution is 0.209. The Morgan fingerprint density at radius 3 is 2.78 bits per heavy atom. The van der Waals surface area contributed by atoms with Crippen LogP contribution in [0.2, 0.25) is 0 Å². The van der Waals surface area contributed by atoms with Crippen LogP contribution < -0.4 is 5.32 Å². The number of fused-ring (bicyclic) bond motifs is 1. The van der Waals surface area contributed by atoms with Crippen LogP contribution in [-0.2, 0) is 6.54 Å². The second-order valence-electron chi connectivity index (χ2n) is 5.05. The quantitative estimate of drug-likeness (QED) is 0.872. The normalized spacial score (nSPS) is 13.7. The van der Waals surface area contributed by atoms with Gasteiger partial charge in [0, 0.05) is 23.7 Å². The highest BCUT2D eigenvalue weighted by atomic mass is 32.1. The number of aromatic nitrogens is 2. The molecule has 2 rings (SSSR count). The van der Waals surface area contributed by atoms with Gasteiger partial charge in [0.2, 0.25) is 0 Å². The smallest absolute Gasteiger partial charge is 0.194 e. The third-order valence-electron chi connectivity index (χ3n) is 3.27. The summed E-state index contributed by atoms with van der Waals surface area (Å²) in [5.74, 6) is 0.419. The molecule has 0 radical (unpaired) electrons. The lowest BCUT2D eigenvalue weighted by Gasteiger charge is -2.19. The van der Waals surface area contributed by atoms with Gasteiger partial charge in [0.15, 0.2) is 4.96 Å². The molecule has 2 aromatic heterocycles. The Morgan fingerprint density at radius 1 is 1.44 bits per heavy atom. The van der Waals surface area contributed by atoms with E-state index in [1.807, 2.05) is 6.92 Å². The summed E-state index contributed by atoms with van der Waals surface area (Å²) in [5, 5.41) is 12.7. The number of aliphatic hydroxyl groups is 1. The fraction of sp³-hybridized carbons (Fsp3) is 0.615. The molecule has 2 N–H and O–H groups in total. The topological polar surface area (TPSA) is 49.6 Å². The molecule has 0 aliphatic heterocycles. The number of aliphatic hydroxyl groups excluding tert-OH is 1. The minimum absolute atomic E-state index is 0.134. The van der Waals surface area contributed by atoms with Crippen LogP contribution in [0.1, 0.15) is 30.1 Å². The molecule has 0 saturated heterocycles. The van der Waals surface area contributed by atoms with Gasteiger partial charge < -0.3 is 10.4 Å². The van der Waals surface area contributed by atoms with Gasteiger partial charge in [0.05, 0.1) is 18.0 Å². The van der Waals surface area contributed by atoms with Crippen LogP contribution in [0, 0.1) is 19.8 Å². The number of nitrogens with zero attached hydrogens (tertiary/aromatic N) is 2. The van der Waals surface area contributed by atoms with E-state index in [0.717, 1.165) is 17.2 Å². The van der Waals surface area contributed by atoms with E-state index in [1.165, 1.54) is 10.6 Å². The van der Waals surface area contributed by atoms with Crippen LogP contribution in [0.5, 0.6) is 0 Å². The summed E-state index contributed by atoms with van der Waals surface area (Å²) in [5.41, 5.74) is 2.25. The maximum Gasteiger partial charge on any atom is 0.194 e. The molecular weight excluding hydrogens is 246 g/mol. The molecule has 1 unspecified atom stereocenters. The summed E-state index contributed by atoms with van der Waals surface area (Å²) in [6, 6.07) is 0.134. The van der Waals surface area contributed by atoms with Crippen LogP contribution in [0.25, 0.3) is 4.96 Å². The average molecular weight is 267 g/mol. The van der Waals surface area contributed by atoms with E-state index in [-0.39, 0.29) is 12.6 Å². The molecule has 2 heterocycles. The van der Waals surface area contributed by atoms with Gasteiger partial charge in [-0.1, -0.05) is 13.8 Å². The first-order valence-corrected chi connectivity index (χ1v) is 7.12. The monoisotopic (exact) mass is 267 g/mol. The standard InChI is InChI=1S/C13H21N3OS/c1-8(2)11(7-17)14-5-12-10(4)15-13-16(12)6-9(3)18-13/h6,8,11,14,17H,5,7H2,1-4H3. The molecule has 0 saturated carbocycles. The summed E-state index contributed by atoms with van der Waals surface area (Å²) in [6.07, 6.45) is 2.13. The van der Waals surface area contributed by atoms with Crippen LogP contribution >= 0.6 is 11.3 Å². The third kappa shape index (κ3) is 2.58. The Labute approximate surface area is 112 Å². The molecule has 0 aromatic carbocycles. The van der Waals surface area contributed by atoms with Crippen molar-refractivity contribution < 1.29 is 5.11 Å². The van der Waals surface area contributed by atoms with Gasteiger partial charge in [-0.15, -0.1) is 11.3 Å². The minimum atomic E-state index is 0.134. The van der Waals surface area contributed by atoms with Crippen molar-refractivity contribution in [2.75, 3.05) is 6.61 Å². The lowest BCUT2D eigenvalue weighted by Crippen LogP contribution is -2.36. The maximum atomic E-state index is 9.33. The number of hydrogen-bond donors (Lipinski definition) is 2. The van der Waals surface area contributed by atoms with Gasteiger partial charge >= 0.3 is 0 Å². The molecule has 18 heavy (non-hydrogen) atoms. The van der Waals surface area contributed by atoms with Crippen LogP contribution in [0.3, 0.4) is 0 Å². The van der Waals surface area contributed by atoms with Gasteiger partial charge in [-0.3, -0.25) is 4.40 Å². The molecule has 4 nitrogen and oxygen atoms in total. The number of rotatable bonds is 5. The predicted octanol–water partition coefficient (Wildman–Crippen LogP) is 2.12. The number of aryl methyl sites for hydroxylation is 2. The highest BCUT2D eigenvalue weighted by Gasteiger charge is 2.15. The first-order chi connectivity index (χ1) is 8.52. The molecule has 100 valence electrons. The summed E-state index contributed by atoms with van der Waals surface area (Å²) >= 11 is 1.71. The molecule has 0 fully saturated rings. The van der Waals surface area contributed by atoms with Crippen molar-refractivity contribution in [2.45, 2.75) is 40.3 Å². The molecular formula is C13H21N3OS. The van der Waals surface area contributed by atoms with Crippen LogP contribution in [0.4, 0.5) is 0 Å². The van der Waals surface area contributed by atoms with E-state index in [9.17, 15) is 5.11 Å². The van der Waals surface area contributed by atoms with Crippen molar-refractivity contribution >= 4 is 16.3 Å². The number of thiazole rings is 1. The number of imidazole rings is 1. The van der Waals surface area contributed by atoms with Gasteiger partial charge in [-0.2, -0.15) is 0 Å². The molecule has 0 aliphatic rings. The second-order valence-corrected chi connectivity index (χ2v) is 6.27. The SMILES string of the molecule is Cc1cn2c(CNC(CO)C(C)C)c(C)nc2s1. The lowest BCUT2D eigenvalue weighted by atomic mass is 10.1. The zero-order valence-corrected chi connectivity index (χ0v) is 12.2. The van der Waals surface area contributed by atoms with Crippen molar-refractivity contribution in [2.24, 2.45) is 5.92 Å². The first-order valence-electron chi connectivity index (χ1n) is 6.31. The first kappa shape index (κ1) is 13.5. The number of hydrogen-bond acceptors (Lipinski definition) is 4. The van der Waals surface area contributed by atoms with Crippen molar-refractivity contribution in [3.63, 3.8) is 0 Å². The Morgan fingerprint density at radius 2 is 2.17 bits per heavy atom.